The van der Waals surface area contributed by atoms with Gasteiger partial charge in [0.15, 0.2) is 0 Å². The summed E-state index contributed by atoms with van der Waals surface area (Å²) in [5.74, 6) is 0.860. The van der Waals surface area contributed by atoms with Gasteiger partial charge in [-0.05, 0) is 12.1 Å². The lowest BCUT2D eigenvalue weighted by Crippen LogP contribution is -2.24. The second kappa shape index (κ2) is 5.38. The molecule has 0 fully saturated rings. The zero-order valence-corrected chi connectivity index (χ0v) is 14.8. The maximum Gasteiger partial charge on any atom is 0.143 e. The molecule has 3 nitrogen and oxygen atoms in total. The Hall–Kier alpha value is -0.910. The fourth-order valence-corrected chi connectivity index (χ4v) is 3.72. The van der Waals surface area contributed by atoms with Crippen molar-refractivity contribution in [3.8, 4) is 5.75 Å². The van der Waals surface area contributed by atoms with Crippen molar-refractivity contribution in [2.45, 2.75) is 44.8 Å². The molecule has 0 bridgehead atoms. The van der Waals surface area contributed by atoms with E-state index in [-0.39, 0.29) is 17.6 Å². The third-order valence-electron chi connectivity index (χ3n) is 3.61. The summed E-state index contributed by atoms with van der Waals surface area (Å²) < 4.78 is 7.13. The molecule has 2 aromatic rings. The third-order valence-corrected chi connectivity index (χ3v) is 5.39. The Kier molecular flexibility index (Phi) is 3.84. The number of rotatable bonds is 1. The van der Waals surface area contributed by atoms with Gasteiger partial charge in [-0.1, -0.05) is 42.8 Å². The van der Waals surface area contributed by atoms with Crippen LogP contribution in [0.15, 0.2) is 28.1 Å². The largest absolute Gasteiger partial charge is 0.484 e. The molecule has 2 N–H and O–H groups in total. The average molecular weight is 367 g/mol. The summed E-state index contributed by atoms with van der Waals surface area (Å²) in [5.41, 5.74) is 8.43. The monoisotopic (exact) mass is 366 g/mol. The summed E-state index contributed by atoms with van der Waals surface area (Å²) in [4.78, 5) is 4.76. The van der Waals surface area contributed by atoms with E-state index in [2.05, 4.69) is 42.1 Å². The van der Waals surface area contributed by atoms with Crippen molar-refractivity contribution < 1.29 is 4.74 Å². The van der Waals surface area contributed by atoms with Crippen molar-refractivity contribution in [3.63, 3.8) is 0 Å². The number of benzene rings is 1. The Bertz CT molecular complexity index is 663. The van der Waals surface area contributed by atoms with E-state index >= 15 is 0 Å². The van der Waals surface area contributed by atoms with Gasteiger partial charge in [-0.3, -0.25) is 0 Å². The van der Waals surface area contributed by atoms with Crippen molar-refractivity contribution in [2.75, 3.05) is 0 Å². The van der Waals surface area contributed by atoms with Crippen LogP contribution in [0.4, 0.5) is 0 Å². The minimum Gasteiger partial charge on any atom is -0.484 e. The lowest BCUT2D eigenvalue weighted by molar-refractivity contribution is 0.157. The minimum absolute atomic E-state index is 0.00774. The molecule has 5 heteroatoms. The van der Waals surface area contributed by atoms with Gasteiger partial charge in [0.1, 0.15) is 11.9 Å². The van der Waals surface area contributed by atoms with Crippen molar-refractivity contribution >= 4 is 27.3 Å². The van der Waals surface area contributed by atoms with Crippen LogP contribution in [0.1, 0.15) is 55.6 Å². The van der Waals surface area contributed by atoms with Crippen LogP contribution in [-0.4, -0.2) is 4.98 Å². The predicted octanol–water partition coefficient (Wildman–Crippen LogP) is 4.73. The van der Waals surface area contributed by atoms with Crippen LogP contribution in [0.5, 0.6) is 5.75 Å². The standard InChI is InChI=1S/C16H19BrN2OS/c1-16(2,3)15-19-12(8-21-15)14-7-11(18)10-5-4-9(17)6-13(10)20-14/h4-6,8,11,14H,7,18H2,1-3H3. The summed E-state index contributed by atoms with van der Waals surface area (Å²) in [5, 5.41) is 3.23. The molecule has 1 aliphatic rings. The molecule has 0 radical (unpaired) electrons. The first-order valence-electron chi connectivity index (χ1n) is 7.02. The van der Waals surface area contributed by atoms with E-state index in [1.165, 1.54) is 0 Å². The smallest absolute Gasteiger partial charge is 0.143 e. The van der Waals surface area contributed by atoms with Crippen LogP contribution >= 0.6 is 27.3 Å². The van der Waals surface area contributed by atoms with Crippen LogP contribution < -0.4 is 10.5 Å². The molecule has 1 aliphatic heterocycles. The number of hydrogen-bond acceptors (Lipinski definition) is 4. The number of fused-ring (bicyclic) bond motifs is 1. The molecule has 1 aromatic heterocycles. The number of halogens is 1. The van der Waals surface area contributed by atoms with Gasteiger partial charge in [0.05, 0.1) is 10.7 Å². The fourth-order valence-electron chi connectivity index (χ4n) is 2.44. The lowest BCUT2D eigenvalue weighted by atomic mass is 9.95. The molecule has 2 atom stereocenters. The Morgan fingerprint density at radius 2 is 2.14 bits per heavy atom. The highest BCUT2D eigenvalue weighted by Crippen LogP contribution is 2.41. The molecule has 21 heavy (non-hydrogen) atoms. The van der Waals surface area contributed by atoms with Gasteiger partial charge in [0.25, 0.3) is 0 Å². The van der Waals surface area contributed by atoms with Gasteiger partial charge in [0.2, 0.25) is 0 Å². The van der Waals surface area contributed by atoms with Crippen LogP contribution in [0.3, 0.4) is 0 Å². The van der Waals surface area contributed by atoms with E-state index in [1.807, 2.05) is 18.2 Å². The zero-order valence-electron chi connectivity index (χ0n) is 12.4. The van der Waals surface area contributed by atoms with Crippen LogP contribution in [-0.2, 0) is 5.41 Å². The second-order valence-corrected chi connectivity index (χ2v) is 8.23. The maximum atomic E-state index is 6.30. The SMILES string of the molecule is CC(C)(C)c1nc(C2CC(N)c3ccc(Br)cc3O2)cs1. The van der Waals surface area contributed by atoms with Crippen molar-refractivity contribution in [1.82, 2.24) is 4.98 Å². The molecule has 0 saturated heterocycles. The molecule has 3 rings (SSSR count). The summed E-state index contributed by atoms with van der Waals surface area (Å²) >= 11 is 5.18. The third kappa shape index (κ3) is 3.00. The van der Waals surface area contributed by atoms with E-state index in [9.17, 15) is 0 Å². The van der Waals surface area contributed by atoms with Crippen molar-refractivity contribution in [1.29, 1.82) is 0 Å². The Morgan fingerprint density at radius 1 is 1.38 bits per heavy atom. The van der Waals surface area contributed by atoms with Crippen molar-refractivity contribution in [3.05, 3.63) is 44.3 Å². The first-order valence-corrected chi connectivity index (χ1v) is 8.69. The highest BCUT2D eigenvalue weighted by molar-refractivity contribution is 9.10. The summed E-state index contributed by atoms with van der Waals surface area (Å²) in [7, 11) is 0. The Morgan fingerprint density at radius 3 is 2.81 bits per heavy atom. The van der Waals surface area contributed by atoms with Crippen LogP contribution in [0, 0.1) is 0 Å². The van der Waals surface area contributed by atoms with E-state index in [0.717, 1.165) is 32.9 Å². The van der Waals surface area contributed by atoms with Gasteiger partial charge in [-0.2, -0.15) is 0 Å². The highest BCUT2D eigenvalue weighted by atomic mass is 79.9. The van der Waals surface area contributed by atoms with E-state index in [0.29, 0.717) is 0 Å². The van der Waals surface area contributed by atoms with E-state index in [1.54, 1.807) is 11.3 Å². The average Bonchev–Trinajstić information content (AvgIpc) is 2.87. The Balaban J connectivity index is 1.90. The summed E-state index contributed by atoms with van der Waals surface area (Å²) in [6.45, 7) is 6.53. The van der Waals surface area contributed by atoms with Gasteiger partial charge in [-0.15, -0.1) is 11.3 Å². The van der Waals surface area contributed by atoms with Gasteiger partial charge in [0, 0.05) is 33.3 Å². The number of ether oxygens (including phenoxy) is 1. The number of nitrogens with two attached hydrogens (primary N) is 1. The molecule has 0 saturated carbocycles. The molecular formula is C16H19BrN2OS. The molecule has 0 aliphatic carbocycles. The lowest BCUT2D eigenvalue weighted by Gasteiger charge is -2.29. The number of nitrogens with zero attached hydrogens (tertiary/aromatic N) is 1. The Labute approximate surface area is 137 Å². The summed E-state index contributed by atoms with van der Waals surface area (Å²) in [6.07, 6.45) is 0.705. The highest BCUT2D eigenvalue weighted by Gasteiger charge is 2.30. The minimum atomic E-state index is -0.0610. The first-order chi connectivity index (χ1) is 9.84. The van der Waals surface area contributed by atoms with Gasteiger partial charge in [-0.25, -0.2) is 4.98 Å². The van der Waals surface area contributed by atoms with Crippen molar-refractivity contribution in [2.24, 2.45) is 5.73 Å². The summed E-state index contributed by atoms with van der Waals surface area (Å²) in [6, 6.07) is 6.01. The van der Waals surface area contributed by atoms with Crippen LogP contribution in [0.2, 0.25) is 0 Å². The second-order valence-electron chi connectivity index (χ2n) is 6.46. The van der Waals surface area contributed by atoms with Crippen LogP contribution in [0.25, 0.3) is 0 Å². The fraction of sp³-hybridized carbons (Fsp3) is 0.438. The number of hydrogen-bond donors (Lipinski definition) is 1. The molecular weight excluding hydrogens is 348 g/mol. The van der Waals surface area contributed by atoms with Gasteiger partial charge < -0.3 is 10.5 Å². The van der Waals surface area contributed by atoms with E-state index in [4.69, 9.17) is 15.5 Å². The molecule has 0 amide bonds. The predicted molar refractivity (Wildman–Crippen MR) is 89.9 cm³/mol. The molecule has 0 spiro atoms. The topological polar surface area (TPSA) is 48.1 Å². The molecule has 112 valence electrons. The van der Waals surface area contributed by atoms with E-state index < -0.39 is 0 Å². The normalized spacial score (nSPS) is 21.8. The molecule has 2 heterocycles. The quantitative estimate of drug-likeness (QED) is 0.793. The zero-order chi connectivity index (χ0) is 15.2. The first kappa shape index (κ1) is 15.0. The number of aromatic nitrogens is 1. The molecule has 2 unspecified atom stereocenters. The number of thiazole rings is 1. The molecule has 1 aromatic carbocycles. The van der Waals surface area contributed by atoms with Gasteiger partial charge >= 0.3 is 0 Å². The maximum absolute atomic E-state index is 6.30.